The molecule has 0 spiro atoms. The van der Waals surface area contributed by atoms with Gasteiger partial charge >= 0.3 is 0 Å². The highest BCUT2D eigenvalue weighted by Crippen LogP contribution is 2.23. The van der Waals surface area contributed by atoms with Gasteiger partial charge in [0.05, 0.1) is 6.61 Å². The summed E-state index contributed by atoms with van der Waals surface area (Å²) >= 11 is 0. The molecule has 24 heavy (non-hydrogen) atoms. The highest BCUT2D eigenvalue weighted by Gasteiger charge is 2.33. The van der Waals surface area contributed by atoms with Crippen LogP contribution in [0, 0.1) is 0 Å². The predicted octanol–water partition coefficient (Wildman–Crippen LogP) is 4.03. The Morgan fingerprint density at radius 1 is 1.12 bits per heavy atom. The van der Waals surface area contributed by atoms with Crippen molar-refractivity contribution in [3.05, 3.63) is 24.3 Å². The molecule has 0 unspecified atom stereocenters. The number of carbonyl (C=O) groups excluding carboxylic acids is 1. The number of anilines is 1. The molecular weight excluding hydrogens is 306 g/mol. The Kier molecular flexibility index (Phi) is 9.42. The first-order valence-corrected chi connectivity index (χ1v) is 8.73. The molecule has 0 heterocycles. The van der Waals surface area contributed by atoms with Crippen LogP contribution in [-0.4, -0.2) is 38.4 Å². The van der Waals surface area contributed by atoms with Gasteiger partial charge in [0.1, 0.15) is 18.0 Å². The molecular formula is C19H31NO4. The summed E-state index contributed by atoms with van der Waals surface area (Å²) in [7, 11) is 1.64. The number of methoxy groups -OCH3 is 1. The molecule has 1 rings (SSSR count). The summed E-state index contributed by atoms with van der Waals surface area (Å²) in [5.74, 6) is 0.647. The van der Waals surface area contributed by atoms with E-state index in [9.17, 15) is 4.79 Å². The van der Waals surface area contributed by atoms with Crippen molar-refractivity contribution in [3.8, 4) is 5.75 Å². The Bertz CT molecular complexity index is 475. The van der Waals surface area contributed by atoms with Crippen LogP contribution in [0.2, 0.25) is 0 Å². The molecule has 0 aliphatic rings. The molecule has 0 aliphatic carbocycles. The van der Waals surface area contributed by atoms with Crippen molar-refractivity contribution < 1.29 is 19.0 Å². The molecule has 0 saturated heterocycles. The lowest BCUT2D eigenvalue weighted by Gasteiger charge is -2.28. The second kappa shape index (κ2) is 11.0. The molecule has 0 aromatic heterocycles. The second-order valence-electron chi connectivity index (χ2n) is 5.94. The van der Waals surface area contributed by atoms with Crippen molar-refractivity contribution in [2.24, 2.45) is 0 Å². The molecule has 0 aliphatic heterocycles. The lowest BCUT2D eigenvalue weighted by atomic mass is 9.96. The summed E-state index contributed by atoms with van der Waals surface area (Å²) in [4.78, 5) is 12.6. The predicted molar refractivity (Wildman–Crippen MR) is 96.6 cm³/mol. The normalized spacial score (nSPS) is 13.3. The average molecular weight is 337 g/mol. The molecule has 1 N–H and O–H groups in total. The zero-order valence-electron chi connectivity index (χ0n) is 15.4. The first-order chi connectivity index (χ1) is 11.6. The van der Waals surface area contributed by atoms with Gasteiger partial charge in [-0.25, -0.2) is 0 Å². The summed E-state index contributed by atoms with van der Waals surface area (Å²) in [6.07, 6.45) is 3.92. The van der Waals surface area contributed by atoms with Gasteiger partial charge in [-0.15, -0.1) is 0 Å². The molecule has 0 saturated carbocycles. The highest BCUT2D eigenvalue weighted by molar-refractivity contribution is 5.97. The number of unbranched alkanes of at least 4 members (excludes halogenated alkanes) is 2. The maximum Gasteiger partial charge on any atom is 0.256 e. The maximum atomic E-state index is 12.6. The van der Waals surface area contributed by atoms with Crippen molar-refractivity contribution in [2.75, 3.05) is 32.2 Å². The van der Waals surface area contributed by atoms with Gasteiger partial charge in [0.2, 0.25) is 0 Å². The molecule has 5 nitrogen and oxygen atoms in total. The van der Waals surface area contributed by atoms with Crippen LogP contribution in [0.25, 0.3) is 0 Å². The molecule has 5 heteroatoms. The Balaban J connectivity index is 2.62. The fourth-order valence-electron chi connectivity index (χ4n) is 2.42. The van der Waals surface area contributed by atoms with Crippen LogP contribution in [0.1, 0.15) is 46.5 Å². The van der Waals surface area contributed by atoms with E-state index in [0.717, 1.165) is 37.1 Å². The minimum atomic E-state index is -0.794. The van der Waals surface area contributed by atoms with Gasteiger partial charge in [-0.1, -0.05) is 26.2 Å². The number of ether oxygens (including phenoxy) is 3. The third kappa shape index (κ3) is 6.89. The average Bonchev–Trinajstić information content (AvgIpc) is 2.57. The molecule has 1 aromatic rings. The van der Waals surface area contributed by atoms with Gasteiger partial charge in [0.25, 0.3) is 5.91 Å². The van der Waals surface area contributed by atoms with Crippen LogP contribution in [0.15, 0.2) is 24.3 Å². The fourth-order valence-corrected chi connectivity index (χ4v) is 2.42. The van der Waals surface area contributed by atoms with E-state index < -0.39 is 5.60 Å². The van der Waals surface area contributed by atoms with E-state index in [1.54, 1.807) is 7.11 Å². The van der Waals surface area contributed by atoms with Crippen LogP contribution in [0.3, 0.4) is 0 Å². The summed E-state index contributed by atoms with van der Waals surface area (Å²) in [5.41, 5.74) is -0.0575. The number of hydrogen-bond acceptors (Lipinski definition) is 4. The Morgan fingerprint density at radius 2 is 1.83 bits per heavy atom. The number of amides is 1. The number of benzene rings is 1. The van der Waals surface area contributed by atoms with E-state index in [-0.39, 0.29) is 5.91 Å². The Labute approximate surface area is 145 Å². The van der Waals surface area contributed by atoms with Crippen LogP contribution in [-0.2, 0) is 14.3 Å². The Hall–Kier alpha value is -1.59. The zero-order chi connectivity index (χ0) is 17.8. The quantitative estimate of drug-likeness (QED) is 0.585. The maximum absolute atomic E-state index is 12.6. The van der Waals surface area contributed by atoms with Crippen LogP contribution in [0.4, 0.5) is 5.69 Å². The van der Waals surface area contributed by atoms with Gasteiger partial charge in [0, 0.05) is 19.4 Å². The molecule has 136 valence electrons. The minimum Gasteiger partial charge on any atom is -0.491 e. The molecule has 0 bridgehead atoms. The van der Waals surface area contributed by atoms with Crippen molar-refractivity contribution in [1.82, 2.24) is 0 Å². The largest absolute Gasteiger partial charge is 0.491 e. The number of hydrogen-bond donors (Lipinski definition) is 1. The third-order valence-corrected chi connectivity index (χ3v) is 3.87. The van der Waals surface area contributed by atoms with Gasteiger partial charge in [-0.05, 0) is 44.5 Å². The van der Waals surface area contributed by atoms with Gasteiger partial charge in [-0.2, -0.15) is 0 Å². The zero-order valence-corrected chi connectivity index (χ0v) is 15.4. The summed E-state index contributed by atoms with van der Waals surface area (Å²) in [6, 6.07) is 7.33. The van der Waals surface area contributed by atoms with E-state index in [2.05, 4.69) is 12.2 Å². The minimum absolute atomic E-state index is 0.103. The van der Waals surface area contributed by atoms with E-state index in [0.29, 0.717) is 19.8 Å². The van der Waals surface area contributed by atoms with E-state index in [1.165, 1.54) is 0 Å². The smallest absolute Gasteiger partial charge is 0.256 e. The molecule has 1 amide bonds. The Morgan fingerprint density at radius 3 is 2.42 bits per heavy atom. The summed E-state index contributed by atoms with van der Waals surface area (Å²) < 4.78 is 16.2. The standard InChI is InChI=1S/C19H31NO4/c1-5-7-8-13-19(3,24-6-2)18(21)20-16-9-11-17(12-10-16)23-15-14-22-4/h9-12H,5-8,13-15H2,1-4H3,(H,20,21)/t19-/m1/s1. The first-order valence-electron chi connectivity index (χ1n) is 8.73. The number of nitrogens with one attached hydrogen (secondary N) is 1. The van der Waals surface area contributed by atoms with Crippen molar-refractivity contribution in [2.45, 2.75) is 52.1 Å². The van der Waals surface area contributed by atoms with Crippen molar-refractivity contribution in [1.29, 1.82) is 0 Å². The number of carbonyl (C=O) groups is 1. The van der Waals surface area contributed by atoms with Crippen molar-refractivity contribution in [3.63, 3.8) is 0 Å². The van der Waals surface area contributed by atoms with Crippen LogP contribution < -0.4 is 10.1 Å². The number of rotatable bonds is 12. The second-order valence-corrected chi connectivity index (χ2v) is 5.94. The SMILES string of the molecule is CCCCC[C@@](C)(OCC)C(=O)Nc1ccc(OCCOC)cc1. The summed E-state index contributed by atoms with van der Waals surface area (Å²) in [6.45, 7) is 7.49. The fraction of sp³-hybridized carbons (Fsp3) is 0.632. The van der Waals surface area contributed by atoms with Gasteiger partial charge in [0.15, 0.2) is 0 Å². The highest BCUT2D eigenvalue weighted by atomic mass is 16.5. The van der Waals surface area contributed by atoms with Crippen LogP contribution >= 0.6 is 0 Å². The van der Waals surface area contributed by atoms with E-state index in [1.807, 2.05) is 38.1 Å². The molecule has 0 fully saturated rings. The monoisotopic (exact) mass is 337 g/mol. The lowest BCUT2D eigenvalue weighted by molar-refractivity contribution is -0.139. The van der Waals surface area contributed by atoms with Crippen LogP contribution in [0.5, 0.6) is 5.75 Å². The summed E-state index contributed by atoms with van der Waals surface area (Å²) in [5, 5.41) is 2.94. The van der Waals surface area contributed by atoms with Gasteiger partial charge < -0.3 is 19.5 Å². The molecule has 1 aromatic carbocycles. The first kappa shape index (κ1) is 20.5. The topological polar surface area (TPSA) is 56.8 Å². The molecule has 0 radical (unpaired) electrons. The van der Waals surface area contributed by atoms with E-state index in [4.69, 9.17) is 14.2 Å². The lowest BCUT2D eigenvalue weighted by Crippen LogP contribution is -2.42. The third-order valence-electron chi connectivity index (χ3n) is 3.87. The molecule has 1 atom stereocenters. The van der Waals surface area contributed by atoms with Gasteiger partial charge in [-0.3, -0.25) is 4.79 Å². The van der Waals surface area contributed by atoms with E-state index >= 15 is 0 Å². The van der Waals surface area contributed by atoms with Crippen molar-refractivity contribution >= 4 is 11.6 Å².